The second-order valence-corrected chi connectivity index (χ2v) is 9.10. The third-order valence-corrected chi connectivity index (χ3v) is 5.75. The van der Waals surface area contributed by atoms with Crippen molar-refractivity contribution in [2.45, 2.75) is 12.7 Å². The van der Waals surface area contributed by atoms with Crippen LogP contribution < -0.4 is 20.7 Å². The van der Waals surface area contributed by atoms with Crippen molar-refractivity contribution in [1.29, 1.82) is 0 Å². The monoisotopic (exact) mass is 512 g/mol. The van der Waals surface area contributed by atoms with E-state index in [9.17, 15) is 31.5 Å². The van der Waals surface area contributed by atoms with Crippen LogP contribution in [0.25, 0.3) is 0 Å². The van der Waals surface area contributed by atoms with E-state index in [0.717, 1.165) is 16.6 Å². The highest BCUT2D eigenvalue weighted by atomic mass is 32.2. The number of amides is 1. The molecular weight excluding hydrogens is 493 g/mol. The molecule has 0 spiro atoms. The lowest BCUT2D eigenvalue weighted by Crippen LogP contribution is -2.27. The molecule has 2 heterocycles. The minimum atomic E-state index is -4.81. The molecule has 0 atom stereocenters. The maximum atomic E-state index is 13.5. The molecule has 0 radical (unpaired) electrons. The van der Waals surface area contributed by atoms with Gasteiger partial charge < -0.3 is 21.5 Å². The molecule has 0 saturated heterocycles. The highest BCUT2D eigenvalue weighted by Crippen LogP contribution is 2.34. The third kappa shape index (κ3) is 6.03. The van der Waals surface area contributed by atoms with Crippen LogP contribution in [0.5, 0.6) is 5.75 Å². The Morgan fingerprint density at radius 3 is 2.49 bits per heavy atom. The van der Waals surface area contributed by atoms with Gasteiger partial charge in [-0.05, 0) is 12.1 Å². The van der Waals surface area contributed by atoms with E-state index in [1.54, 1.807) is 0 Å². The number of rotatable bonds is 8. The molecule has 0 aliphatic rings. The number of anilines is 4. The third-order valence-electron chi connectivity index (χ3n) is 4.58. The standard InChI is InChI=1S/C19H19F3N8O4S/c1-30(35(2,33)34)17-13(24-5-6-25-17)9-26-16-12(19(20,21)22)8-27-18(29-16)28-10-3-4-11(15(23)32)14(31)7-10/h3-8,31H,9H2,1-2H3,(H2,23,32)(H2,26,27,28,29). The van der Waals surface area contributed by atoms with E-state index in [4.69, 9.17) is 5.73 Å². The van der Waals surface area contributed by atoms with Crippen LogP contribution in [0.15, 0.2) is 36.8 Å². The molecule has 0 aliphatic carbocycles. The van der Waals surface area contributed by atoms with Gasteiger partial charge in [-0.3, -0.25) is 14.1 Å². The molecule has 5 N–H and O–H groups in total. The zero-order valence-corrected chi connectivity index (χ0v) is 19.0. The van der Waals surface area contributed by atoms with Gasteiger partial charge in [-0.15, -0.1) is 0 Å². The van der Waals surface area contributed by atoms with E-state index in [0.29, 0.717) is 6.20 Å². The Balaban J connectivity index is 1.92. The lowest BCUT2D eigenvalue weighted by Gasteiger charge is -2.19. The van der Waals surface area contributed by atoms with E-state index >= 15 is 0 Å². The molecular formula is C19H19F3N8O4S. The maximum Gasteiger partial charge on any atom is 0.421 e. The fourth-order valence-electron chi connectivity index (χ4n) is 2.80. The van der Waals surface area contributed by atoms with Gasteiger partial charge in [0, 0.05) is 37.4 Å². The Morgan fingerprint density at radius 1 is 1.20 bits per heavy atom. The number of nitrogens with one attached hydrogen (secondary N) is 2. The second kappa shape index (κ2) is 9.57. The first-order valence-electron chi connectivity index (χ1n) is 9.59. The van der Waals surface area contributed by atoms with Gasteiger partial charge >= 0.3 is 6.18 Å². The Bertz CT molecular complexity index is 1370. The van der Waals surface area contributed by atoms with Crippen molar-refractivity contribution < 1.29 is 31.5 Å². The highest BCUT2D eigenvalue weighted by Gasteiger charge is 2.35. The van der Waals surface area contributed by atoms with Crippen LogP contribution in [-0.2, 0) is 22.7 Å². The number of carbonyl (C=O) groups is 1. The average Bonchev–Trinajstić information content (AvgIpc) is 2.76. The lowest BCUT2D eigenvalue weighted by atomic mass is 10.1. The number of primary amides is 1. The second-order valence-electron chi connectivity index (χ2n) is 7.09. The van der Waals surface area contributed by atoms with Crippen LogP contribution in [0, 0.1) is 0 Å². The zero-order valence-electron chi connectivity index (χ0n) is 18.2. The van der Waals surface area contributed by atoms with Crippen LogP contribution in [0.2, 0.25) is 0 Å². The van der Waals surface area contributed by atoms with Crippen LogP contribution in [-0.4, -0.2) is 52.7 Å². The number of aromatic nitrogens is 4. The molecule has 1 aromatic carbocycles. The van der Waals surface area contributed by atoms with Crippen molar-refractivity contribution in [3.8, 4) is 5.75 Å². The number of benzene rings is 1. The van der Waals surface area contributed by atoms with Gasteiger partial charge in [-0.1, -0.05) is 0 Å². The van der Waals surface area contributed by atoms with E-state index in [2.05, 4.69) is 30.6 Å². The number of hydrogen-bond donors (Lipinski definition) is 4. The van der Waals surface area contributed by atoms with Crippen molar-refractivity contribution in [3.05, 3.63) is 53.6 Å². The number of carbonyl (C=O) groups excluding carboxylic acids is 1. The summed E-state index contributed by atoms with van der Waals surface area (Å²) in [5, 5.41) is 15.0. The number of halogens is 3. The molecule has 0 saturated carbocycles. The molecule has 0 fully saturated rings. The number of nitrogens with two attached hydrogens (primary N) is 1. The Labute approximate surface area is 197 Å². The van der Waals surface area contributed by atoms with Gasteiger partial charge in [0.1, 0.15) is 22.8 Å². The van der Waals surface area contributed by atoms with Crippen molar-refractivity contribution in [1.82, 2.24) is 19.9 Å². The van der Waals surface area contributed by atoms with Gasteiger partial charge in [-0.25, -0.2) is 18.4 Å². The summed E-state index contributed by atoms with van der Waals surface area (Å²) >= 11 is 0. The van der Waals surface area contributed by atoms with Crippen molar-refractivity contribution in [2.24, 2.45) is 5.73 Å². The van der Waals surface area contributed by atoms with E-state index in [1.165, 1.54) is 31.6 Å². The van der Waals surface area contributed by atoms with Gasteiger partial charge in [0.25, 0.3) is 5.91 Å². The number of alkyl halides is 3. The topological polar surface area (TPSA) is 176 Å². The van der Waals surface area contributed by atoms with E-state index in [-0.39, 0.29) is 35.3 Å². The van der Waals surface area contributed by atoms with Crippen molar-refractivity contribution in [3.63, 3.8) is 0 Å². The largest absolute Gasteiger partial charge is 0.507 e. The first-order valence-corrected chi connectivity index (χ1v) is 11.4. The maximum absolute atomic E-state index is 13.5. The summed E-state index contributed by atoms with van der Waals surface area (Å²) in [5.41, 5.74) is 4.01. The number of nitrogens with zero attached hydrogens (tertiary/aromatic N) is 5. The first kappa shape index (κ1) is 25.4. The molecule has 12 nitrogen and oxygen atoms in total. The predicted octanol–water partition coefficient (Wildman–Crippen LogP) is 1.84. The van der Waals surface area contributed by atoms with Crippen molar-refractivity contribution in [2.75, 3.05) is 28.2 Å². The minimum Gasteiger partial charge on any atom is -0.507 e. The molecule has 1 amide bonds. The number of phenols is 1. The first-order chi connectivity index (χ1) is 16.3. The highest BCUT2D eigenvalue weighted by molar-refractivity contribution is 7.92. The van der Waals surface area contributed by atoms with Crippen molar-refractivity contribution >= 4 is 39.2 Å². The Kier molecular flexibility index (Phi) is 6.95. The Hall–Kier alpha value is -4.21. The SMILES string of the molecule is CN(c1nccnc1CNc1nc(Nc2ccc(C(N)=O)c(O)c2)ncc1C(F)(F)F)S(C)(=O)=O. The molecule has 2 aromatic heterocycles. The molecule has 0 bridgehead atoms. The smallest absolute Gasteiger partial charge is 0.421 e. The average molecular weight is 512 g/mol. The fraction of sp³-hybridized carbons (Fsp3) is 0.211. The van der Waals surface area contributed by atoms with Crippen LogP contribution >= 0.6 is 0 Å². The molecule has 186 valence electrons. The van der Waals surface area contributed by atoms with Gasteiger partial charge in [0.15, 0.2) is 5.82 Å². The van der Waals surface area contributed by atoms with E-state index < -0.39 is 39.2 Å². The van der Waals surface area contributed by atoms with Gasteiger partial charge in [0.2, 0.25) is 16.0 Å². The predicted molar refractivity (Wildman–Crippen MR) is 120 cm³/mol. The molecule has 3 rings (SSSR count). The fourth-order valence-corrected chi connectivity index (χ4v) is 3.27. The van der Waals surface area contributed by atoms with E-state index in [1.807, 2.05) is 0 Å². The summed E-state index contributed by atoms with van der Waals surface area (Å²) in [5.74, 6) is -2.27. The number of hydrogen-bond acceptors (Lipinski definition) is 10. The van der Waals surface area contributed by atoms with Gasteiger partial charge in [0.05, 0.1) is 18.4 Å². The lowest BCUT2D eigenvalue weighted by molar-refractivity contribution is -0.137. The summed E-state index contributed by atoms with van der Waals surface area (Å²) in [6.07, 6.45) is -0.812. The number of aromatic hydroxyl groups is 1. The normalized spacial score (nSPS) is 11.7. The molecule has 35 heavy (non-hydrogen) atoms. The molecule has 0 unspecified atom stereocenters. The summed E-state index contributed by atoms with van der Waals surface area (Å²) in [4.78, 5) is 26.7. The number of sulfonamides is 1. The zero-order chi connectivity index (χ0) is 26.0. The quantitative estimate of drug-likeness (QED) is 0.348. The summed E-state index contributed by atoms with van der Waals surface area (Å²) in [6.45, 7) is -0.351. The minimum absolute atomic E-state index is 0.0497. The molecule has 3 aromatic rings. The summed E-state index contributed by atoms with van der Waals surface area (Å²) in [7, 11) is -2.48. The van der Waals surface area contributed by atoms with Crippen LogP contribution in [0.1, 0.15) is 21.6 Å². The van der Waals surface area contributed by atoms with Gasteiger partial charge in [-0.2, -0.15) is 18.2 Å². The summed E-state index contributed by atoms with van der Waals surface area (Å²) < 4.78 is 65.2. The Morgan fingerprint density at radius 2 is 1.89 bits per heavy atom. The molecule has 0 aliphatic heterocycles. The summed E-state index contributed by atoms with van der Waals surface area (Å²) in [6, 6.07) is 3.69. The molecule has 16 heteroatoms. The van der Waals surface area contributed by atoms with Crippen LogP contribution in [0.3, 0.4) is 0 Å². The van der Waals surface area contributed by atoms with Crippen LogP contribution in [0.4, 0.5) is 36.4 Å².